The molecule has 0 radical (unpaired) electrons. The molecular weight excluding hydrogens is 246 g/mol. The number of piperidine rings is 1. The Morgan fingerprint density at radius 1 is 1.10 bits per heavy atom. The Morgan fingerprint density at radius 3 is 2.65 bits per heavy atom. The predicted molar refractivity (Wildman–Crippen MR) is 81.1 cm³/mol. The van der Waals surface area contributed by atoms with Crippen molar-refractivity contribution in [2.45, 2.75) is 24.9 Å². The van der Waals surface area contributed by atoms with Gasteiger partial charge in [-0.05, 0) is 37.1 Å². The van der Waals surface area contributed by atoms with Crippen LogP contribution in [0.5, 0.6) is 0 Å². The summed E-state index contributed by atoms with van der Waals surface area (Å²) >= 11 is 0. The third kappa shape index (κ3) is 2.89. The van der Waals surface area contributed by atoms with E-state index in [1.54, 1.807) is 0 Å². The smallest absolute Gasteiger partial charge is 0.0712 e. The summed E-state index contributed by atoms with van der Waals surface area (Å²) in [4.78, 5) is 6.90. The average Bonchev–Trinajstić information content (AvgIpc) is 2.49. The zero-order chi connectivity index (χ0) is 13.8. The number of nitrogens with zero attached hydrogens (tertiary/aromatic N) is 2. The molecule has 1 unspecified atom stereocenters. The van der Waals surface area contributed by atoms with E-state index in [2.05, 4.69) is 40.2 Å². The standard InChI is InChI=1S/C17H21N3/c18-17(16-9-4-5-11-19-16)10-6-12-20(14-17)13-15-7-2-1-3-8-15/h1-5,7-9,11H,6,10,12-14,18H2. The Kier molecular flexibility index (Phi) is 3.81. The topological polar surface area (TPSA) is 42.1 Å². The molecule has 0 aliphatic carbocycles. The molecule has 1 saturated heterocycles. The van der Waals surface area contributed by atoms with E-state index in [-0.39, 0.29) is 5.54 Å². The Morgan fingerprint density at radius 2 is 1.90 bits per heavy atom. The molecule has 104 valence electrons. The Bertz CT molecular complexity index is 541. The molecular formula is C17H21N3. The lowest BCUT2D eigenvalue weighted by Crippen LogP contribution is -2.51. The van der Waals surface area contributed by atoms with Gasteiger partial charge in [-0.15, -0.1) is 0 Å². The van der Waals surface area contributed by atoms with Crippen molar-refractivity contribution in [2.24, 2.45) is 5.73 Å². The van der Waals surface area contributed by atoms with Crippen LogP contribution in [0.1, 0.15) is 24.1 Å². The van der Waals surface area contributed by atoms with Gasteiger partial charge in [0.1, 0.15) is 0 Å². The second-order valence-corrected chi connectivity index (χ2v) is 5.67. The minimum atomic E-state index is -0.311. The van der Waals surface area contributed by atoms with Gasteiger partial charge in [0.2, 0.25) is 0 Å². The van der Waals surface area contributed by atoms with Crippen molar-refractivity contribution < 1.29 is 0 Å². The summed E-state index contributed by atoms with van der Waals surface area (Å²) in [6.07, 6.45) is 3.97. The normalized spacial score (nSPS) is 23.6. The zero-order valence-electron chi connectivity index (χ0n) is 11.7. The molecule has 1 atom stereocenters. The van der Waals surface area contributed by atoms with E-state index in [1.807, 2.05) is 24.4 Å². The lowest BCUT2D eigenvalue weighted by molar-refractivity contribution is 0.140. The lowest BCUT2D eigenvalue weighted by atomic mass is 9.86. The van der Waals surface area contributed by atoms with Gasteiger partial charge in [0, 0.05) is 19.3 Å². The van der Waals surface area contributed by atoms with Crippen LogP contribution in [0.3, 0.4) is 0 Å². The van der Waals surface area contributed by atoms with Crippen molar-refractivity contribution in [2.75, 3.05) is 13.1 Å². The highest BCUT2D eigenvalue weighted by molar-refractivity contribution is 5.18. The Labute approximate surface area is 120 Å². The van der Waals surface area contributed by atoms with E-state index in [1.165, 1.54) is 5.56 Å². The van der Waals surface area contributed by atoms with Gasteiger partial charge in [0.15, 0.2) is 0 Å². The summed E-state index contributed by atoms with van der Waals surface area (Å²) in [7, 11) is 0. The molecule has 1 aliphatic heterocycles. The van der Waals surface area contributed by atoms with Crippen molar-refractivity contribution in [1.29, 1.82) is 0 Å². The summed E-state index contributed by atoms with van der Waals surface area (Å²) in [6, 6.07) is 16.6. The molecule has 0 amide bonds. The van der Waals surface area contributed by atoms with Crippen LogP contribution in [0.15, 0.2) is 54.7 Å². The first-order valence-corrected chi connectivity index (χ1v) is 7.23. The second kappa shape index (κ2) is 5.73. The molecule has 3 rings (SSSR count). The highest BCUT2D eigenvalue weighted by Crippen LogP contribution is 2.28. The van der Waals surface area contributed by atoms with E-state index in [0.717, 1.165) is 38.2 Å². The largest absolute Gasteiger partial charge is 0.319 e. The van der Waals surface area contributed by atoms with Crippen molar-refractivity contribution in [3.05, 3.63) is 66.0 Å². The van der Waals surface area contributed by atoms with Gasteiger partial charge in [-0.2, -0.15) is 0 Å². The SMILES string of the molecule is NC1(c2ccccn2)CCCN(Cc2ccccc2)C1. The summed E-state index contributed by atoms with van der Waals surface area (Å²) in [6.45, 7) is 2.95. The van der Waals surface area contributed by atoms with Gasteiger partial charge in [-0.1, -0.05) is 36.4 Å². The van der Waals surface area contributed by atoms with Crippen LogP contribution in [-0.2, 0) is 12.1 Å². The molecule has 1 aromatic heterocycles. The van der Waals surface area contributed by atoms with Crippen molar-refractivity contribution in [3.8, 4) is 0 Å². The van der Waals surface area contributed by atoms with Crippen LogP contribution in [0.25, 0.3) is 0 Å². The van der Waals surface area contributed by atoms with Crippen molar-refractivity contribution in [1.82, 2.24) is 9.88 Å². The Hall–Kier alpha value is -1.71. The summed E-state index contributed by atoms with van der Waals surface area (Å²) in [5, 5.41) is 0. The van der Waals surface area contributed by atoms with Gasteiger partial charge < -0.3 is 5.73 Å². The fourth-order valence-corrected chi connectivity index (χ4v) is 3.02. The first kappa shape index (κ1) is 13.3. The molecule has 20 heavy (non-hydrogen) atoms. The molecule has 0 saturated carbocycles. The fraction of sp³-hybridized carbons (Fsp3) is 0.353. The van der Waals surface area contributed by atoms with Gasteiger partial charge in [0.05, 0.1) is 11.2 Å². The molecule has 2 N–H and O–H groups in total. The molecule has 2 heterocycles. The number of benzene rings is 1. The molecule has 3 nitrogen and oxygen atoms in total. The van der Waals surface area contributed by atoms with Crippen LogP contribution in [0, 0.1) is 0 Å². The third-order valence-corrected chi connectivity index (χ3v) is 4.03. The molecule has 3 heteroatoms. The van der Waals surface area contributed by atoms with E-state index >= 15 is 0 Å². The van der Waals surface area contributed by atoms with Crippen molar-refractivity contribution in [3.63, 3.8) is 0 Å². The average molecular weight is 267 g/mol. The first-order valence-electron chi connectivity index (χ1n) is 7.23. The number of pyridine rings is 1. The van der Waals surface area contributed by atoms with Gasteiger partial charge in [-0.3, -0.25) is 9.88 Å². The number of hydrogen-bond donors (Lipinski definition) is 1. The van der Waals surface area contributed by atoms with E-state index in [0.29, 0.717) is 0 Å². The van der Waals surface area contributed by atoms with Crippen LogP contribution >= 0.6 is 0 Å². The number of rotatable bonds is 3. The molecule has 1 fully saturated rings. The minimum absolute atomic E-state index is 0.311. The maximum absolute atomic E-state index is 6.62. The van der Waals surface area contributed by atoms with Crippen molar-refractivity contribution >= 4 is 0 Å². The quantitative estimate of drug-likeness (QED) is 0.929. The molecule has 0 bridgehead atoms. The monoisotopic (exact) mass is 267 g/mol. The maximum atomic E-state index is 6.62. The van der Waals surface area contributed by atoms with E-state index in [4.69, 9.17) is 5.73 Å². The third-order valence-electron chi connectivity index (χ3n) is 4.03. The Balaban J connectivity index is 1.73. The molecule has 0 spiro atoms. The number of hydrogen-bond acceptors (Lipinski definition) is 3. The van der Waals surface area contributed by atoms with E-state index < -0.39 is 0 Å². The summed E-state index contributed by atoms with van der Waals surface area (Å²) in [5.74, 6) is 0. The molecule has 1 aromatic carbocycles. The zero-order valence-corrected chi connectivity index (χ0v) is 11.7. The van der Waals surface area contributed by atoms with Crippen LogP contribution in [0.2, 0.25) is 0 Å². The number of aromatic nitrogens is 1. The lowest BCUT2D eigenvalue weighted by Gasteiger charge is -2.40. The maximum Gasteiger partial charge on any atom is 0.0712 e. The predicted octanol–water partition coefficient (Wildman–Crippen LogP) is 2.53. The number of nitrogens with two attached hydrogens (primary N) is 1. The molecule has 1 aliphatic rings. The van der Waals surface area contributed by atoms with Crippen LogP contribution in [0.4, 0.5) is 0 Å². The number of likely N-dealkylation sites (tertiary alicyclic amines) is 1. The van der Waals surface area contributed by atoms with Crippen LogP contribution < -0.4 is 5.73 Å². The summed E-state index contributed by atoms with van der Waals surface area (Å²) < 4.78 is 0. The highest BCUT2D eigenvalue weighted by atomic mass is 15.2. The fourth-order valence-electron chi connectivity index (χ4n) is 3.02. The van der Waals surface area contributed by atoms with Crippen LogP contribution in [-0.4, -0.2) is 23.0 Å². The minimum Gasteiger partial charge on any atom is -0.319 e. The molecule has 2 aromatic rings. The van der Waals surface area contributed by atoms with Gasteiger partial charge in [0.25, 0.3) is 0 Å². The van der Waals surface area contributed by atoms with Gasteiger partial charge >= 0.3 is 0 Å². The summed E-state index contributed by atoms with van der Waals surface area (Å²) in [5.41, 5.74) is 8.67. The second-order valence-electron chi connectivity index (χ2n) is 5.67. The highest BCUT2D eigenvalue weighted by Gasteiger charge is 2.34. The first-order chi connectivity index (χ1) is 9.76. The van der Waals surface area contributed by atoms with Gasteiger partial charge in [-0.25, -0.2) is 0 Å². The van der Waals surface area contributed by atoms with E-state index in [9.17, 15) is 0 Å².